The normalized spacial score (nSPS) is 20.6. The Morgan fingerprint density at radius 1 is 1.19 bits per heavy atom. The number of nitrogens with one attached hydrogen (secondary N) is 1. The third-order valence-corrected chi connectivity index (χ3v) is 6.52. The Bertz CT molecular complexity index is 922. The van der Waals surface area contributed by atoms with E-state index in [4.69, 9.17) is 9.52 Å². The summed E-state index contributed by atoms with van der Waals surface area (Å²) in [5.41, 5.74) is 2.60. The highest BCUT2D eigenvalue weighted by molar-refractivity contribution is 7.91. The zero-order chi connectivity index (χ0) is 19.0. The van der Waals surface area contributed by atoms with Crippen LogP contribution in [0.25, 0.3) is 0 Å². The average molecular weight is 388 g/mol. The fraction of sp³-hybridized carbons (Fsp3) is 0.474. The number of piperazine rings is 1. The first-order valence-electron chi connectivity index (χ1n) is 9.22. The smallest absolute Gasteiger partial charge is 0.225 e. The second kappa shape index (κ2) is 7.09. The minimum absolute atomic E-state index is 0.332. The van der Waals surface area contributed by atoms with Crippen LogP contribution >= 0.6 is 0 Å². The molecule has 0 bridgehead atoms. The Morgan fingerprint density at radius 3 is 2.56 bits per heavy atom. The molecule has 0 radical (unpaired) electrons. The van der Waals surface area contributed by atoms with Gasteiger partial charge in [-0.25, -0.2) is 19.0 Å². The van der Waals surface area contributed by atoms with E-state index in [-0.39, 0.29) is 0 Å². The molecule has 1 N–H and O–H groups in total. The molecule has 0 saturated carbocycles. The molecule has 0 aliphatic carbocycles. The number of rotatable bonds is 4. The van der Waals surface area contributed by atoms with Gasteiger partial charge in [-0.15, -0.1) is 0 Å². The van der Waals surface area contributed by atoms with Crippen LogP contribution in [-0.4, -0.2) is 58.1 Å². The van der Waals surface area contributed by atoms with E-state index in [1.54, 1.807) is 0 Å². The lowest BCUT2D eigenvalue weighted by molar-refractivity contribution is 0.197. The molecule has 0 spiro atoms. The number of fused-ring (bicyclic) bond motifs is 1. The molecule has 144 valence electrons. The van der Waals surface area contributed by atoms with E-state index in [1.165, 1.54) is 29.8 Å². The van der Waals surface area contributed by atoms with Crippen LogP contribution in [0.4, 0.5) is 5.95 Å². The van der Waals surface area contributed by atoms with Crippen LogP contribution in [-0.2, 0) is 16.1 Å². The number of benzene rings is 1. The Hall–Kier alpha value is -2.19. The number of anilines is 1. The third kappa shape index (κ3) is 3.77. The fourth-order valence-corrected chi connectivity index (χ4v) is 4.14. The first-order chi connectivity index (χ1) is 12.9. The van der Waals surface area contributed by atoms with Crippen LogP contribution in [0.2, 0.25) is 0 Å². The molecular formula is C19H25N5O2S. The maximum atomic E-state index is 11.8. The summed E-state index contributed by atoms with van der Waals surface area (Å²) in [5.74, 6) is 1.68. The van der Waals surface area contributed by atoms with Gasteiger partial charge < -0.3 is 9.64 Å². The van der Waals surface area contributed by atoms with Crippen LogP contribution in [0.1, 0.15) is 24.1 Å². The second-order valence-corrected chi connectivity index (χ2v) is 9.39. The van der Waals surface area contributed by atoms with Crippen molar-refractivity contribution in [3.8, 4) is 5.75 Å². The van der Waals surface area contributed by atoms with Gasteiger partial charge in [0, 0.05) is 57.3 Å². The largest absolute Gasteiger partial charge is 0.493 e. The molecule has 1 saturated heterocycles. The Labute approximate surface area is 160 Å². The molecule has 2 unspecified atom stereocenters. The van der Waals surface area contributed by atoms with Crippen molar-refractivity contribution in [3.63, 3.8) is 0 Å². The first-order valence-corrected chi connectivity index (χ1v) is 11.2. The van der Waals surface area contributed by atoms with Crippen molar-refractivity contribution in [1.82, 2.24) is 14.9 Å². The molecule has 8 heteroatoms. The van der Waals surface area contributed by atoms with E-state index in [1.807, 2.05) is 0 Å². The summed E-state index contributed by atoms with van der Waals surface area (Å²) in [7, 11) is -2.77. The lowest BCUT2D eigenvalue weighted by Gasteiger charge is -2.38. The molecular weight excluding hydrogens is 362 g/mol. The monoisotopic (exact) mass is 387 g/mol. The van der Waals surface area contributed by atoms with E-state index in [9.17, 15) is 4.21 Å². The highest BCUT2D eigenvalue weighted by Gasteiger charge is 2.24. The maximum absolute atomic E-state index is 11.8. The molecule has 1 fully saturated rings. The maximum Gasteiger partial charge on any atom is 0.225 e. The number of aromatic nitrogens is 2. The van der Waals surface area contributed by atoms with Gasteiger partial charge in [-0.05, 0) is 24.1 Å². The fourth-order valence-electron chi connectivity index (χ4n) is 3.64. The van der Waals surface area contributed by atoms with Gasteiger partial charge >= 0.3 is 0 Å². The summed E-state index contributed by atoms with van der Waals surface area (Å²) in [6.07, 6.45) is 5.42. The number of hydrogen-bond acceptors (Lipinski definition) is 7. The van der Waals surface area contributed by atoms with Gasteiger partial charge in [-0.1, -0.05) is 12.1 Å². The Balaban J connectivity index is 1.40. The topological polar surface area (TPSA) is 82.4 Å². The standard InChI is InChI=1S/C19H25N5O2S/c1-14(16-4-3-15-5-10-26-18(15)11-16)23-6-8-24(9-7-23)19-21-12-17(13-22-19)27(2,20)25/h3-4,11-14,20H,5-10H2,1-2H3. The highest BCUT2D eigenvalue weighted by Crippen LogP contribution is 2.31. The zero-order valence-corrected chi connectivity index (χ0v) is 16.5. The molecule has 7 nitrogen and oxygen atoms in total. The van der Waals surface area contributed by atoms with Crippen LogP contribution < -0.4 is 9.64 Å². The quantitative estimate of drug-likeness (QED) is 0.867. The van der Waals surface area contributed by atoms with Gasteiger partial charge in [0.2, 0.25) is 5.95 Å². The Kier molecular flexibility index (Phi) is 4.77. The summed E-state index contributed by atoms with van der Waals surface area (Å²) in [6, 6.07) is 6.93. The van der Waals surface area contributed by atoms with Crippen LogP contribution in [0, 0.1) is 4.78 Å². The van der Waals surface area contributed by atoms with Gasteiger partial charge in [-0.2, -0.15) is 0 Å². The molecule has 2 aromatic rings. The van der Waals surface area contributed by atoms with Crippen molar-refractivity contribution in [2.75, 3.05) is 43.9 Å². The van der Waals surface area contributed by atoms with E-state index in [2.05, 4.69) is 44.9 Å². The van der Waals surface area contributed by atoms with Gasteiger partial charge in [-0.3, -0.25) is 4.90 Å². The summed E-state index contributed by atoms with van der Waals surface area (Å²) >= 11 is 0. The van der Waals surface area contributed by atoms with Crippen LogP contribution in [0.5, 0.6) is 5.75 Å². The lowest BCUT2D eigenvalue weighted by Crippen LogP contribution is -2.47. The van der Waals surface area contributed by atoms with E-state index < -0.39 is 9.73 Å². The average Bonchev–Trinajstić information content (AvgIpc) is 3.15. The van der Waals surface area contributed by atoms with Gasteiger partial charge in [0.05, 0.1) is 21.2 Å². The van der Waals surface area contributed by atoms with E-state index >= 15 is 0 Å². The highest BCUT2D eigenvalue weighted by atomic mass is 32.2. The second-order valence-electron chi connectivity index (χ2n) is 7.23. The molecule has 0 amide bonds. The molecule has 27 heavy (non-hydrogen) atoms. The summed E-state index contributed by atoms with van der Waals surface area (Å²) in [5, 5.41) is 0. The predicted molar refractivity (Wildman–Crippen MR) is 105 cm³/mol. The SMILES string of the molecule is CC(c1ccc2c(c1)OCC2)N1CCN(c2ncc(S(C)(=N)=O)cn2)CC1. The van der Waals surface area contributed by atoms with Crippen molar-refractivity contribution in [1.29, 1.82) is 4.78 Å². The molecule has 1 aromatic carbocycles. The van der Waals surface area contributed by atoms with Gasteiger partial charge in [0.15, 0.2) is 0 Å². The minimum Gasteiger partial charge on any atom is -0.493 e. The zero-order valence-electron chi connectivity index (χ0n) is 15.7. The van der Waals surface area contributed by atoms with Crippen LogP contribution in [0.15, 0.2) is 35.5 Å². The minimum atomic E-state index is -2.77. The molecule has 3 heterocycles. The molecule has 4 rings (SSSR count). The molecule has 2 aliphatic heterocycles. The van der Waals surface area contributed by atoms with Crippen molar-refractivity contribution in [2.24, 2.45) is 0 Å². The first kappa shape index (κ1) is 18.2. The molecule has 2 aliphatic rings. The van der Waals surface area contributed by atoms with Crippen LogP contribution in [0.3, 0.4) is 0 Å². The van der Waals surface area contributed by atoms with Crippen molar-refractivity contribution in [3.05, 3.63) is 41.7 Å². The number of nitrogens with zero attached hydrogens (tertiary/aromatic N) is 4. The molecule has 2 atom stereocenters. The van der Waals surface area contributed by atoms with Crippen molar-refractivity contribution in [2.45, 2.75) is 24.3 Å². The number of hydrogen-bond donors (Lipinski definition) is 1. The van der Waals surface area contributed by atoms with E-state index in [0.717, 1.165) is 45.0 Å². The summed E-state index contributed by atoms with van der Waals surface area (Å²) in [4.78, 5) is 13.6. The van der Waals surface area contributed by atoms with E-state index in [0.29, 0.717) is 16.9 Å². The molecule has 1 aromatic heterocycles. The number of ether oxygens (including phenoxy) is 1. The lowest BCUT2D eigenvalue weighted by atomic mass is 10.0. The van der Waals surface area contributed by atoms with Gasteiger partial charge in [0.25, 0.3) is 0 Å². The van der Waals surface area contributed by atoms with Gasteiger partial charge in [0.1, 0.15) is 5.75 Å². The third-order valence-electron chi connectivity index (χ3n) is 5.41. The Morgan fingerprint density at radius 2 is 1.89 bits per heavy atom. The summed E-state index contributed by atoms with van der Waals surface area (Å²) in [6.45, 7) is 6.56. The van der Waals surface area contributed by atoms with Crippen molar-refractivity contribution >= 4 is 15.7 Å². The summed E-state index contributed by atoms with van der Waals surface area (Å²) < 4.78 is 25.1. The van der Waals surface area contributed by atoms with Crippen molar-refractivity contribution < 1.29 is 8.95 Å². The predicted octanol–water partition coefficient (Wildman–Crippen LogP) is 2.33.